The minimum absolute atomic E-state index is 0.233. The van der Waals surface area contributed by atoms with Crippen LogP contribution in [0.1, 0.15) is 77.0 Å². The zero-order valence-corrected chi connectivity index (χ0v) is 12.5. The number of carbonyl (C=O) groups excluding carboxylic acids is 1. The first kappa shape index (κ1) is 16.5. The van der Waals surface area contributed by atoms with Crippen LogP contribution in [0.3, 0.4) is 0 Å². The summed E-state index contributed by atoms with van der Waals surface area (Å²) in [6, 6.07) is 0. The van der Waals surface area contributed by atoms with Crippen molar-refractivity contribution >= 4 is 5.91 Å². The van der Waals surface area contributed by atoms with E-state index in [1.807, 2.05) is 0 Å². The highest BCUT2D eigenvalue weighted by Crippen LogP contribution is 2.26. The fraction of sp³-hybridized carbons (Fsp3) is 0.938. The van der Waals surface area contributed by atoms with Crippen LogP contribution in [0.4, 0.5) is 0 Å². The Morgan fingerprint density at radius 3 is 2.47 bits per heavy atom. The largest absolute Gasteiger partial charge is 0.356 e. The van der Waals surface area contributed by atoms with Crippen molar-refractivity contribution in [2.24, 2.45) is 11.7 Å². The molecule has 0 unspecified atom stereocenters. The summed E-state index contributed by atoms with van der Waals surface area (Å²) in [6.45, 7) is 1.64. The van der Waals surface area contributed by atoms with Gasteiger partial charge in [-0.2, -0.15) is 0 Å². The van der Waals surface area contributed by atoms with Gasteiger partial charge < -0.3 is 11.1 Å². The van der Waals surface area contributed by atoms with Crippen LogP contribution in [0.15, 0.2) is 0 Å². The van der Waals surface area contributed by atoms with Gasteiger partial charge in [0.15, 0.2) is 0 Å². The van der Waals surface area contributed by atoms with Crippen LogP contribution in [0.25, 0.3) is 0 Å². The van der Waals surface area contributed by atoms with Crippen LogP contribution in [-0.4, -0.2) is 19.0 Å². The van der Waals surface area contributed by atoms with E-state index in [0.29, 0.717) is 6.42 Å². The monoisotopic (exact) mass is 268 g/mol. The van der Waals surface area contributed by atoms with Gasteiger partial charge in [-0.15, -0.1) is 0 Å². The number of amides is 1. The Morgan fingerprint density at radius 1 is 1.00 bits per heavy atom. The van der Waals surface area contributed by atoms with Crippen LogP contribution < -0.4 is 11.1 Å². The smallest absolute Gasteiger partial charge is 0.219 e. The summed E-state index contributed by atoms with van der Waals surface area (Å²) in [6.07, 6.45) is 14.6. The standard InChI is InChI=1S/C16H32N2O/c17-13-7-2-1-6-12-16(19)18-14-8-11-15-9-4-3-5-10-15/h15H,1-14,17H2,(H,18,19). The summed E-state index contributed by atoms with van der Waals surface area (Å²) in [5.41, 5.74) is 5.43. The molecule has 112 valence electrons. The Labute approximate surface area is 118 Å². The van der Waals surface area contributed by atoms with Crippen molar-refractivity contribution in [3.63, 3.8) is 0 Å². The Hall–Kier alpha value is -0.570. The van der Waals surface area contributed by atoms with E-state index in [-0.39, 0.29) is 5.91 Å². The first-order valence-corrected chi connectivity index (χ1v) is 8.29. The maximum absolute atomic E-state index is 11.6. The molecule has 0 aromatic heterocycles. The molecule has 1 amide bonds. The summed E-state index contributed by atoms with van der Waals surface area (Å²) in [7, 11) is 0. The molecule has 0 aliphatic heterocycles. The third-order valence-electron chi connectivity index (χ3n) is 4.19. The molecule has 3 N–H and O–H groups in total. The Balaban J connectivity index is 1.86. The van der Waals surface area contributed by atoms with E-state index < -0.39 is 0 Å². The molecule has 1 aliphatic carbocycles. The molecule has 1 aliphatic rings. The fourth-order valence-corrected chi connectivity index (χ4v) is 2.97. The molecule has 0 saturated heterocycles. The van der Waals surface area contributed by atoms with Gasteiger partial charge in [0.2, 0.25) is 5.91 Å². The predicted octanol–water partition coefficient (Wildman–Crippen LogP) is 3.37. The maximum atomic E-state index is 11.6. The van der Waals surface area contributed by atoms with E-state index >= 15 is 0 Å². The molecular formula is C16H32N2O. The third-order valence-corrected chi connectivity index (χ3v) is 4.19. The minimum atomic E-state index is 0.233. The van der Waals surface area contributed by atoms with E-state index in [4.69, 9.17) is 5.73 Å². The highest BCUT2D eigenvalue weighted by atomic mass is 16.1. The van der Waals surface area contributed by atoms with Crippen molar-refractivity contribution in [1.29, 1.82) is 0 Å². The van der Waals surface area contributed by atoms with Crippen LogP contribution >= 0.6 is 0 Å². The van der Waals surface area contributed by atoms with Crippen LogP contribution in [0.2, 0.25) is 0 Å². The fourth-order valence-electron chi connectivity index (χ4n) is 2.97. The van der Waals surface area contributed by atoms with Crippen LogP contribution in [0.5, 0.6) is 0 Å². The number of hydrogen-bond acceptors (Lipinski definition) is 2. The molecule has 1 rings (SSSR count). The summed E-state index contributed by atoms with van der Waals surface area (Å²) >= 11 is 0. The number of carbonyl (C=O) groups is 1. The molecule has 0 aromatic carbocycles. The molecule has 3 nitrogen and oxygen atoms in total. The van der Waals surface area contributed by atoms with Crippen molar-refractivity contribution in [3.8, 4) is 0 Å². The number of rotatable bonds is 10. The van der Waals surface area contributed by atoms with Crippen molar-refractivity contribution < 1.29 is 4.79 Å². The molecule has 1 saturated carbocycles. The molecule has 3 heteroatoms. The maximum Gasteiger partial charge on any atom is 0.219 e. The van der Waals surface area contributed by atoms with E-state index in [0.717, 1.165) is 51.1 Å². The lowest BCUT2D eigenvalue weighted by Gasteiger charge is -2.21. The van der Waals surface area contributed by atoms with E-state index in [2.05, 4.69) is 5.32 Å². The van der Waals surface area contributed by atoms with Crippen molar-refractivity contribution in [1.82, 2.24) is 5.32 Å². The number of nitrogens with two attached hydrogens (primary N) is 1. The summed E-state index contributed by atoms with van der Waals surface area (Å²) in [5.74, 6) is 1.17. The molecule has 0 spiro atoms. The minimum Gasteiger partial charge on any atom is -0.356 e. The Morgan fingerprint density at radius 2 is 1.74 bits per heavy atom. The van der Waals surface area contributed by atoms with Gasteiger partial charge in [-0.25, -0.2) is 0 Å². The molecular weight excluding hydrogens is 236 g/mol. The van der Waals surface area contributed by atoms with Gasteiger partial charge in [-0.3, -0.25) is 4.79 Å². The first-order valence-electron chi connectivity index (χ1n) is 8.29. The molecule has 0 radical (unpaired) electrons. The second kappa shape index (κ2) is 11.3. The van der Waals surface area contributed by atoms with Gasteiger partial charge in [0.1, 0.15) is 0 Å². The van der Waals surface area contributed by atoms with Crippen molar-refractivity contribution in [2.45, 2.75) is 77.0 Å². The van der Waals surface area contributed by atoms with Crippen LogP contribution in [0, 0.1) is 5.92 Å². The normalized spacial score (nSPS) is 16.5. The molecule has 1 fully saturated rings. The number of hydrogen-bond donors (Lipinski definition) is 2. The van der Waals surface area contributed by atoms with E-state index in [1.54, 1.807) is 0 Å². The lowest BCUT2D eigenvalue weighted by molar-refractivity contribution is -0.121. The highest BCUT2D eigenvalue weighted by molar-refractivity contribution is 5.75. The second-order valence-corrected chi connectivity index (χ2v) is 5.95. The molecule has 19 heavy (non-hydrogen) atoms. The van der Waals surface area contributed by atoms with Crippen molar-refractivity contribution in [2.75, 3.05) is 13.1 Å². The van der Waals surface area contributed by atoms with Gasteiger partial charge in [-0.1, -0.05) is 44.9 Å². The van der Waals surface area contributed by atoms with Gasteiger partial charge in [-0.05, 0) is 38.1 Å². The molecule has 0 aromatic rings. The molecule has 0 bridgehead atoms. The van der Waals surface area contributed by atoms with E-state index in [9.17, 15) is 4.79 Å². The topological polar surface area (TPSA) is 55.1 Å². The second-order valence-electron chi connectivity index (χ2n) is 5.95. The van der Waals surface area contributed by atoms with Gasteiger partial charge >= 0.3 is 0 Å². The summed E-state index contributed by atoms with van der Waals surface area (Å²) in [4.78, 5) is 11.6. The Kier molecular flexibility index (Phi) is 9.78. The number of nitrogens with one attached hydrogen (secondary N) is 1. The average molecular weight is 268 g/mol. The zero-order valence-electron chi connectivity index (χ0n) is 12.5. The van der Waals surface area contributed by atoms with Gasteiger partial charge in [0, 0.05) is 13.0 Å². The van der Waals surface area contributed by atoms with Crippen molar-refractivity contribution in [3.05, 3.63) is 0 Å². The molecule has 0 atom stereocenters. The Bertz CT molecular complexity index is 225. The average Bonchev–Trinajstić information content (AvgIpc) is 2.44. The molecule has 0 heterocycles. The third kappa shape index (κ3) is 9.04. The van der Waals surface area contributed by atoms with E-state index in [1.165, 1.54) is 38.5 Å². The first-order chi connectivity index (χ1) is 9.33. The lowest BCUT2D eigenvalue weighted by Crippen LogP contribution is -2.24. The van der Waals surface area contributed by atoms with Gasteiger partial charge in [0.05, 0.1) is 0 Å². The summed E-state index contributed by atoms with van der Waals surface area (Å²) < 4.78 is 0. The lowest BCUT2D eigenvalue weighted by atomic mass is 9.86. The summed E-state index contributed by atoms with van der Waals surface area (Å²) in [5, 5.41) is 3.05. The number of unbranched alkanes of at least 4 members (excludes halogenated alkanes) is 3. The van der Waals surface area contributed by atoms with Crippen LogP contribution in [-0.2, 0) is 4.79 Å². The highest BCUT2D eigenvalue weighted by Gasteiger charge is 2.12. The predicted molar refractivity (Wildman–Crippen MR) is 81.0 cm³/mol. The quantitative estimate of drug-likeness (QED) is 0.597. The zero-order chi connectivity index (χ0) is 13.8. The SMILES string of the molecule is NCCCCCCC(=O)NCCCC1CCCCC1. The van der Waals surface area contributed by atoms with Gasteiger partial charge in [0.25, 0.3) is 0 Å².